The van der Waals surface area contributed by atoms with E-state index in [2.05, 4.69) is 34.9 Å². The molecule has 0 aromatic rings. The van der Waals surface area contributed by atoms with Gasteiger partial charge in [0, 0.05) is 36.9 Å². The SMILES string of the molecule is C1=CCC=C1.O=C1N[C@H]2[C@H](CS[C@H]2CCCCC(=O)C2=CC=CC2)N1.[Rh]. The van der Waals surface area contributed by atoms with Crippen molar-refractivity contribution in [2.45, 2.75) is 55.9 Å². The van der Waals surface area contributed by atoms with Crippen LogP contribution in [0.25, 0.3) is 0 Å². The number of amides is 2. The number of hydrogen-bond donors (Lipinski definition) is 2. The van der Waals surface area contributed by atoms with Gasteiger partial charge in [-0.1, -0.05) is 49.0 Å². The van der Waals surface area contributed by atoms with Crippen molar-refractivity contribution >= 4 is 23.6 Å². The fraction of sp³-hybridized carbons (Fsp3) is 0.500. The first-order valence-electron chi connectivity index (χ1n) is 9.13. The maximum absolute atomic E-state index is 11.9. The minimum Gasteiger partial charge on any atom is -0.332 e. The Labute approximate surface area is 172 Å². The Bertz CT molecular complexity index is 617. The molecule has 1 radical (unpaired) electrons. The van der Waals surface area contributed by atoms with Gasteiger partial charge >= 0.3 is 6.03 Å². The number of nitrogens with one attached hydrogen (secondary N) is 2. The van der Waals surface area contributed by atoms with Crippen LogP contribution in [0.2, 0.25) is 0 Å². The molecule has 2 aliphatic heterocycles. The van der Waals surface area contributed by atoms with Crippen molar-refractivity contribution in [2.75, 3.05) is 5.75 Å². The summed E-state index contributed by atoms with van der Waals surface area (Å²) in [6.07, 6.45) is 20.0. The van der Waals surface area contributed by atoms with E-state index in [1.54, 1.807) is 0 Å². The monoisotopic (exact) mass is 461 g/mol. The van der Waals surface area contributed by atoms with Gasteiger partial charge in [0.05, 0.1) is 12.1 Å². The number of unbranched alkanes of at least 4 members (excludes halogenated alkanes) is 1. The summed E-state index contributed by atoms with van der Waals surface area (Å²) in [5.74, 6) is 1.30. The number of rotatable bonds is 6. The number of Topliss-reactive ketones (excluding diaryl/α,β-unsaturated/α-hetero) is 1. The Morgan fingerprint density at radius 3 is 2.58 bits per heavy atom. The maximum Gasteiger partial charge on any atom is 0.315 e. The summed E-state index contributed by atoms with van der Waals surface area (Å²) < 4.78 is 0. The smallest absolute Gasteiger partial charge is 0.315 e. The first kappa shape index (κ1) is 21.2. The van der Waals surface area contributed by atoms with Crippen LogP contribution in [0.15, 0.2) is 48.1 Å². The Kier molecular flexibility index (Phi) is 8.87. The molecule has 2 heterocycles. The molecule has 2 amide bonds. The molecule has 4 rings (SSSR count). The van der Waals surface area contributed by atoms with Crippen LogP contribution in [0.1, 0.15) is 38.5 Å². The van der Waals surface area contributed by atoms with Crippen molar-refractivity contribution in [3.05, 3.63) is 48.1 Å². The Morgan fingerprint density at radius 1 is 1.12 bits per heavy atom. The summed E-state index contributed by atoms with van der Waals surface area (Å²) in [5.41, 5.74) is 0.951. The second-order valence-electron chi connectivity index (χ2n) is 6.71. The van der Waals surface area contributed by atoms with Crippen LogP contribution in [0.3, 0.4) is 0 Å². The first-order valence-corrected chi connectivity index (χ1v) is 10.2. The van der Waals surface area contributed by atoms with Gasteiger partial charge in [-0.05, 0) is 31.3 Å². The standard InChI is InChI=1S/C15H20N2O2S.C5H6.Rh/c18-12(10-5-1-2-6-10)7-3-4-8-13-14-11(9-20-13)16-15(19)17-14;1-2-4-5-3-1;/h1-2,5,11,13-14H,3-4,6-9H2,(H2,16,17,19);1-4H,5H2;/t11-,13-,14-;;/m0../s1. The molecule has 4 aliphatic rings. The van der Waals surface area contributed by atoms with Gasteiger partial charge in [0.25, 0.3) is 0 Å². The Hall–Kier alpha value is -1.13. The second-order valence-corrected chi connectivity index (χ2v) is 7.98. The van der Waals surface area contributed by atoms with Crippen molar-refractivity contribution in [3.8, 4) is 0 Å². The molecule has 26 heavy (non-hydrogen) atoms. The molecule has 3 atom stereocenters. The topological polar surface area (TPSA) is 58.2 Å². The van der Waals surface area contributed by atoms with E-state index >= 15 is 0 Å². The predicted molar refractivity (Wildman–Crippen MR) is 104 cm³/mol. The average Bonchev–Trinajstić information content (AvgIpc) is 3.37. The number of hydrogen-bond acceptors (Lipinski definition) is 3. The summed E-state index contributed by atoms with van der Waals surface area (Å²) in [6.45, 7) is 0. The van der Waals surface area contributed by atoms with Crippen molar-refractivity contribution in [3.63, 3.8) is 0 Å². The van der Waals surface area contributed by atoms with Crippen molar-refractivity contribution in [1.29, 1.82) is 0 Å². The van der Waals surface area contributed by atoms with Gasteiger partial charge in [-0.2, -0.15) is 11.8 Å². The van der Waals surface area contributed by atoms with Gasteiger partial charge in [0.15, 0.2) is 5.78 Å². The number of allylic oxidation sites excluding steroid dienone is 8. The Morgan fingerprint density at radius 2 is 1.92 bits per heavy atom. The molecular weight excluding hydrogens is 435 g/mol. The van der Waals surface area contributed by atoms with E-state index in [4.69, 9.17) is 0 Å². The van der Waals surface area contributed by atoms with E-state index in [1.807, 2.05) is 30.0 Å². The summed E-state index contributed by atoms with van der Waals surface area (Å²) in [5, 5.41) is 6.46. The van der Waals surface area contributed by atoms with Crippen molar-refractivity contribution in [2.24, 2.45) is 0 Å². The zero-order valence-corrected chi connectivity index (χ0v) is 17.2. The van der Waals surface area contributed by atoms with Crippen LogP contribution in [0.5, 0.6) is 0 Å². The molecular formula is C20H26N2O2RhS. The van der Waals surface area contributed by atoms with Gasteiger partial charge in [-0.3, -0.25) is 4.79 Å². The van der Waals surface area contributed by atoms with Crippen LogP contribution in [0, 0.1) is 0 Å². The number of carbonyl (C=O) groups excluding carboxylic acids is 2. The quantitative estimate of drug-likeness (QED) is 0.361. The number of thioether (sulfide) groups is 1. The van der Waals surface area contributed by atoms with E-state index in [1.165, 1.54) is 0 Å². The van der Waals surface area contributed by atoms with Crippen LogP contribution in [0.4, 0.5) is 4.79 Å². The molecule has 0 saturated carbocycles. The molecule has 0 unspecified atom stereocenters. The minimum atomic E-state index is -0.0267. The Balaban J connectivity index is 0.000000351. The molecule has 6 heteroatoms. The van der Waals surface area contributed by atoms with Gasteiger partial charge in [0.1, 0.15) is 0 Å². The van der Waals surface area contributed by atoms with E-state index in [0.29, 0.717) is 23.5 Å². The summed E-state index contributed by atoms with van der Waals surface area (Å²) >= 11 is 1.94. The van der Waals surface area contributed by atoms with Crippen molar-refractivity contribution < 1.29 is 29.1 Å². The summed E-state index contributed by atoms with van der Waals surface area (Å²) in [6, 6.07) is 0.556. The van der Waals surface area contributed by atoms with Gasteiger partial charge in [-0.15, -0.1) is 0 Å². The number of urea groups is 1. The maximum atomic E-state index is 11.9. The molecule has 0 aromatic carbocycles. The number of ketones is 1. The number of carbonyl (C=O) groups is 2. The summed E-state index contributed by atoms with van der Waals surface area (Å²) in [7, 11) is 0. The molecule has 0 spiro atoms. The van der Waals surface area contributed by atoms with Gasteiger partial charge in [0.2, 0.25) is 0 Å². The molecule has 2 fully saturated rings. The van der Waals surface area contributed by atoms with Crippen LogP contribution >= 0.6 is 11.8 Å². The average molecular weight is 461 g/mol. The van der Waals surface area contributed by atoms with Crippen LogP contribution in [-0.2, 0) is 24.3 Å². The molecule has 2 N–H and O–H groups in total. The van der Waals surface area contributed by atoms with Crippen LogP contribution in [-0.4, -0.2) is 34.9 Å². The number of fused-ring (bicyclic) bond motifs is 1. The van der Waals surface area contributed by atoms with Gasteiger partial charge in [-0.25, -0.2) is 4.79 Å². The molecule has 2 saturated heterocycles. The van der Waals surface area contributed by atoms with Gasteiger partial charge < -0.3 is 10.6 Å². The molecule has 143 valence electrons. The van der Waals surface area contributed by atoms with Crippen LogP contribution < -0.4 is 10.6 Å². The van der Waals surface area contributed by atoms with E-state index < -0.39 is 0 Å². The van der Waals surface area contributed by atoms with E-state index in [0.717, 1.165) is 43.4 Å². The second kappa shape index (κ2) is 10.9. The fourth-order valence-electron chi connectivity index (χ4n) is 3.48. The van der Waals surface area contributed by atoms with E-state index in [9.17, 15) is 9.59 Å². The zero-order valence-electron chi connectivity index (χ0n) is 14.8. The molecule has 4 nitrogen and oxygen atoms in total. The summed E-state index contributed by atoms with van der Waals surface area (Å²) in [4.78, 5) is 23.2. The third-order valence-electron chi connectivity index (χ3n) is 4.87. The van der Waals surface area contributed by atoms with E-state index in [-0.39, 0.29) is 31.6 Å². The zero-order chi connectivity index (χ0) is 17.5. The molecule has 0 aromatic heterocycles. The largest absolute Gasteiger partial charge is 0.332 e. The third kappa shape index (κ3) is 5.95. The molecule has 0 bridgehead atoms. The van der Waals surface area contributed by atoms with Crippen molar-refractivity contribution in [1.82, 2.24) is 10.6 Å². The third-order valence-corrected chi connectivity index (χ3v) is 6.37. The molecule has 2 aliphatic carbocycles. The first-order chi connectivity index (χ1) is 12.2. The normalized spacial score (nSPS) is 27.2. The minimum absolute atomic E-state index is 0. The fourth-order valence-corrected chi connectivity index (χ4v) is 5.03. The predicted octanol–water partition coefficient (Wildman–Crippen LogP) is 3.67.